The summed E-state index contributed by atoms with van der Waals surface area (Å²) < 4.78 is 16.2. The first-order valence-electron chi connectivity index (χ1n) is 8.74. The number of esters is 1. The van der Waals surface area contributed by atoms with Gasteiger partial charge in [-0.2, -0.15) is 5.26 Å². The molecule has 0 aliphatic rings. The third-order valence-electron chi connectivity index (χ3n) is 4.36. The molecule has 0 spiro atoms. The van der Waals surface area contributed by atoms with E-state index < -0.39 is 5.97 Å². The molecule has 0 bridgehead atoms. The highest BCUT2D eigenvalue weighted by Gasteiger charge is 2.13. The van der Waals surface area contributed by atoms with E-state index in [1.54, 1.807) is 18.2 Å². The highest BCUT2D eigenvalue weighted by Crippen LogP contribution is 2.36. The van der Waals surface area contributed by atoms with Crippen LogP contribution in [0.5, 0.6) is 11.5 Å². The summed E-state index contributed by atoms with van der Waals surface area (Å²) in [4.78, 5) is 11.3. The number of carbonyl (C=O) groups excluding carboxylic acids is 1. The molecule has 29 heavy (non-hydrogen) atoms. The minimum absolute atomic E-state index is 0.228. The first kappa shape index (κ1) is 20.4. The van der Waals surface area contributed by atoms with Crippen LogP contribution in [-0.2, 0) is 9.53 Å². The van der Waals surface area contributed by atoms with Gasteiger partial charge < -0.3 is 14.2 Å². The van der Waals surface area contributed by atoms with E-state index in [1.807, 2.05) is 42.5 Å². The summed E-state index contributed by atoms with van der Waals surface area (Å²) in [7, 11) is 2.81. The van der Waals surface area contributed by atoms with Gasteiger partial charge in [-0.1, -0.05) is 58.4 Å². The molecule has 3 rings (SSSR count). The molecular weight excluding hydrogens is 434 g/mol. The number of methoxy groups -OCH3 is 2. The van der Waals surface area contributed by atoms with Gasteiger partial charge >= 0.3 is 5.97 Å². The normalized spacial score (nSPS) is 11.0. The number of fused-ring (bicyclic) bond motifs is 1. The Morgan fingerprint density at radius 1 is 1.10 bits per heavy atom. The maximum Gasteiger partial charge on any atom is 0.343 e. The highest BCUT2D eigenvalue weighted by molar-refractivity contribution is 9.10. The molecule has 0 amide bonds. The Balaban J connectivity index is 2.03. The quantitative estimate of drug-likeness (QED) is 0.291. The van der Waals surface area contributed by atoms with Crippen molar-refractivity contribution in [3.05, 3.63) is 70.2 Å². The van der Waals surface area contributed by atoms with Gasteiger partial charge in [0.15, 0.2) is 18.1 Å². The Labute approximate surface area is 177 Å². The van der Waals surface area contributed by atoms with E-state index >= 15 is 0 Å². The van der Waals surface area contributed by atoms with Crippen LogP contribution in [0, 0.1) is 11.3 Å². The highest BCUT2D eigenvalue weighted by atomic mass is 79.9. The van der Waals surface area contributed by atoms with E-state index in [-0.39, 0.29) is 6.61 Å². The van der Waals surface area contributed by atoms with Crippen LogP contribution in [0.3, 0.4) is 0 Å². The molecule has 3 aromatic carbocycles. The molecule has 0 aliphatic carbocycles. The van der Waals surface area contributed by atoms with Crippen LogP contribution in [0.25, 0.3) is 22.4 Å². The molecule has 5 nitrogen and oxygen atoms in total. The molecule has 0 aliphatic heterocycles. The predicted octanol–water partition coefficient (Wildman–Crippen LogP) is 5.23. The van der Waals surface area contributed by atoms with Crippen LogP contribution in [-0.4, -0.2) is 26.8 Å². The average molecular weight is 452 g/mol. The van der Waals surface area contributed by atoms with Gasteiger partial charge in [0.2, 0.25) is 0 Å². The number of nitriles is 1. The second-order valence-corrected chi connectivity index (χ2v) is 6.94. The van der Waals surface area contributed by atoms with Gasteiger partial charge in [0.1, 0.15) is 0 Å². The number of halogens is 1. The van der Waals surface area contributed by atoms with Crippen molar-refractivity contribution in [3.8, 4) is 17.6 Å². The number of hydrogen-bond acceptors (Lipinski definition) is 5. The lowest BCUT2D eigenvalue weighted by atomic mass is 9.97. The summed E-state index contributed by atoms with van der Waals surface area (Å²) >= 11 is 3.51. The fraction of sp³-hybridized carbons (Fsp3) is 0.130. The lowest BCUT2D eigenvalue weighted by Crippen LogP contribution is -2.13. The summed E-state index contributed by atoms with van der Waals surface area (Å²) in [6, 6.07) is 19.5. The van der Waals surface area contributed by atoms with E-state index in [0.717, 1.165) is 21.9 Å². The van der Waals surface area contributed by atoms with Crippen molar-refractivity contribution >= 4 is 44.3 Å². The minimum atomic E-state index is -0.491. The lowest BCUT2D eigenvalue weighted by molar-refractivity contribution is -0.142. The molecule has 3 aromatic rings. The zero-order valence-electron chi connectivity index (χ0n) is 15.9. The molecule has 0 saturated carbocycles. The molecule has 6 heteroatoms. The summed E-state index contributed by atoms with van der Waals surface area (Å²) in [6.07, 6.45) is 1.79. The van der Waals surface area contributed by atoms with E-state index in [9.17, 15) is 10.1 Å². The third-order valence-corrected chi connectivity index (χ3v) is 5.04. The monoisotopic (exact) mass is 451 g/mol. The number of benzene rings is 3. The Morgan fingerprint density at radius 3 is 2.59 bits per heavy atom. The molecule has 0 unspecified atom stereocenters. The number of rotatable bonds is 6. The van der Waals surface area contributed by atoms with Crippen LogP contribution >= 0.6 is 15.9 Å². The molecule has 0 heterocycles. The van der Waals surface area contributed by atoms with Crippen LogP contribution < -0.4 is 9.47 Å². The van der Waals surface area contributed by atoms with Crippen molar-refractivity contribution in [2.24, 2.45) is 0 Å². The van der Waals surface area contributed by atoms with Crippen molar-refractivity contribution < 1.29 is 19.0 Å². The van der Waals surface area contributed by atoms with E-state index in [0.29, 0.717) is 21.5 Å². The van der Waals surface area contributed by atoms with Crippen molar-refractivity contribution in [2.45, 2.75) is 0 Å². The summed E-state index contributed by atoms with van der Waals surface area (Å²) in [6.45, 7) is -0.228. The largest absolute Gasteiger partial charge is 0.493 e. The van der Waals surface area contributed by atoms with Crippen molar-refractivity contribution in [1.82, 2.24) is 0 Å². The number of hydrogen-bond donors (Lipinski definition) is 0. The van der Waals surface area contributed by atoms with E-state index in [1.165, 1.54) is 14.2 Å². The molecule has 0 saturated heterocycles. The van der Waals surface area contributed by atoms with Crippen molar-refractivity contribution in [2.75, 3.05) is 20.8 Å². The van der Waals surface area contributed by atoms with Crippen molar-refractivity contribution in [1.29, 1.82) is 5.26 Å². The Hall–Kier alpha value is -3.30. The maximum atomic E-state index is 11.3. The molecule has 0 N–H and O–H groups in total. The Bertz CT molecular complexity index is 1130. The first-order valence-corrected chi connectivity index (χ1v) is 9.53. The van der Waals surface area contributed by atoms with Gasteiger partial charge in [-0.25, -0.2) is 4.79 Å². The number of allylic oxidation sites excluding steroid dienone is 1. The lowest BCUT2D eigenvalue weighted by Gasteiger charge is -2.12. The third kappa shape index (κ3) is 4.58. The van der Waals surface area contributed by atoms with E-state index in [2.05, 4.69) is 26.7 Å². The fourth-order valence-electron chi connectivity index (χ4n) is 2.92. The number of carbonyl (C=O) groups is 1. The van der Waals surface area contributed by atoms with Crippen LogP contribution in [0.15, 0.2) is 59.1 Å². The molecule has 0 radical (unpaired) electrons. The molecular formula is C23H18BrNO4. The standard InChI is InChI=1S/C23H18BrNO4/c1-27-21-11-16(20(24)12-22(21)29-14-23(26)28-2)10-17(13-25)19-9-5-7-15-6-3-4-8-18(15)19/h3-12H,14H2,1-2H3/b17-10-. The first-order chi connectivity index (χ1) is 14.1. The van der Waals surface area contributed by atoms with Gasteiger partial charge in [-0.15, -0.1) is 0 Å². The summed E-state index contributed by atoms with van der Waals surface area (Å²) in [5.41, 5.74) is 2.12. The average Bonchev–Trinajstić information content (AvgIpc) is 2.76. The molecule has 0 aromatic heterocycles. The Morgan fingerprint density at radius 2 is 1.86 bits per heavy atom. The van der Waals surface area contributed by atoms with Crippen LogP contribution in [0.2, 0.25) is 0 Å². The Kier molecular flexibility index (Phi) is 6.53. The van der Waals surface area contributed by atoms with Gasteiger partial charge in [0.05, 0.1) is 25.9 Å². The number of nitrogens with zero attached hydrogens (tertiary/aromatic N) is 1. The van der Waals surface area contributed by atoms with Crippen molar-refractivity contribution in [3.63, 3.8) is 0 Å². The van der Waals surface area contributed by atoms with Gasteiger partial charge in [0.25, 0.3) is 0 Å². The molecule has 146 valence electrons. The molecule has 0 atom stereocenters. The SMILES string of the molecule is COC(=O)COc1cc(Br)c(/C=C(/C#N)c2cccc3ccccc23)cc1OC. The zero-order valence-corrected chi connectivity index (χ0v) is 17.5. The summed E-state index contributed by atoms with van der Waals surface area (Å²) in [5, 5.41) is 11.9. The summed E-state index contributed by atoms with van der Waals surface area (Å²) in [5.74, 6) is 0.346. The topological polar surface area (TPSA) is 68.5 Å². The second-order valence-electron chi connectivity index (χ2n) is 6.09. The maximum absolute atomic E-state index is 11.3. The second kappa shape index (κ2) is 9.26. The van der Waals surface area contributed by atoms with Crippen LogP contribution in [0.4, 0.5) is 0 Å². The van der Waals surface area contributed by atoms with Crippen LogP contribution in [0.1, 0.15) is 11.1 Å². The zero-order chi connectivity index (χ0) is 20.8. The minimum Gasteiger partial charge on any atom is -0.493 e. The van der Waals surface area contributed by atoms with Gasteiger partial charge in [-0.05, 0) is 34.5 Å². The predicted molar refractivity (Wildman–Crippen MR) is 116 cm³/mol. The smallest absolute Gasteiger partial charge is 0.343 e. The molecule has 0 fully saturated rings. The van der Waals surface area contributed by atoms with Gasteiger partial charge in [0, 0.05) is 10.0 Å². The fourth-order valence-corrected chi connectivity index (χ4v) is 3.35. The number of ether oxygens (including phenoxy) is 3. The van der Waals surface area contributed by atoms with Gasteiger partial charge in [-0.3, -0.25) is 0 Å². The van der Waals surface area contributed by atoms with E-state index in [4.69, 9.17) is 9.47 Å².